The molecule has 0 saturated carbocycles. The van der Waals surface area contributed by atoms with Crippen molar-refractivity contribution in [2.24, 2.45) is 0 Å². The van der Waals surface area contributed by atoms with Crippen LogP contribution in [0.5, 0.6) is 5.75 Å². The first kappa shape index (κ1) is 18.5. The van der Waals surface area contributed by atoms with Gasteiger partial charge >= 0.3 is 0 Å². The van der Waals surface area contributed by atoms with Gasteiger partial charge in [-0.15, -0.1) is 0 Å². The zero-order valence-electron chi connectivity index (χ0n) is 14.9. The lowest BCUT2D eigenvalue weighted by Gasteiger charge is -2.09. The molecule has 2 N–H and O–H groups in total. The van der Waals surface area contributed by atoms with Gasteiger partial charge in [-0.2, -0.15) is 0 Å². The molecule has 0 aromatic heterocycles. The highest BCUT2D eigenvalue weighted by Crippen LogP contribution is 2.11. The standard InChI is InChI=1S/C20H24N2O3/c1-14-4-7-17(12-15(14)2)20(24)22-11-10-21-19(23)13-16-5-8-18(25-3)9-6-16/h4-9,12H,10-11,13H2,1-3H3,(H,21,23)(H,22,24). The third-order valence-corrected chi connectivity index (χ3v) is 4.03. The van der Waals surface area contributed by atoms with Crippen LogP contribution in [0, 0.1) is 13.8 Å². The number of nitrogens with one attached hydrogen (secondary N) is 2. The first-order valence-electron chi connectivity index (χ1n) is 8.24. The average molecular weight is 340 g/mol. The Morgan fingerprint density at radius 3 is 2.24 bits per heavy atom. The lowest BCUT2D eigenvalue weighted by Crippen LogP contribution is -2.35. The summed E-state index contributed by atoms with van der Waals surface area (Å²) in [5.74, 6) is 0.552. The van der Waals surface area contributed by atoms with E-state index in [9.17, 15) is 9.59 Å². The lowest BCUT2D eigenvalue weighted by atomic mass is 10.1. The maximum atomic E-state index is 12.1. The first-order chi connectivity index (χ1) is 12.0. The minimum atomic E-state index is -0.132. The van der Waals surface area contributed by atoms with Crippen LogP contribution in [-0.2, 0) is 11.2 Å². The molecule has 0 aliphatic heterocycles. The molecule has 0 saturated heterocycles. The van der Waals surface area contributed by atoms with Gasteiger partial charge in [0.1, 0.15) is 5.75 Å². The normalized spacial score (nSPS) is 10.2. The Bertz CT molecular complexity index is 739. The summed E-state index contributed by atoms with van der Waals surface area (Å²) in [4.78, 5) is 24.0. The number of methoxy groups -OCH3 is 1. The number of hydrogen-bond donors (Lipinski definition) is 2. The molecule has 5 nitrogen and oxygen atoms in total. The van der Waals surface area contributed by atoms with Crippen LogP contribution in [0.15, 0.2) is 42.5 Å². The largest absolute Gasteiger partial charge is 0.497 e. The van der Waals surface area contributed by atoms with Gasteiger partial charge in [0.05, 0.1) is 13.5 Å². The van der Waals surface area contributed by atoms with E-state index >= 15 is 0 Å². The Morgan fingerprint density at radius 1 is 0.920 bits per heavy atom. The van der Waals surface area contributed by atoms with Gasteiger partial charge in [0.25, 0.3) is 5.91 Å². The minimum Gasteiger partial charge on any atom is -0.497 e. The van der Waals surface area contributed by atoms with E-state index in [2.05, 4.69) is 10.6 Å². The molecule has 0 spiro atoms. The van der Waals surface area contributed by atoms with E-state index in [0.717, 1.165) is 22.4 Å². The van der Waals surface area contributed by atoms with Crippen LogP contribution in [0.25, 0.3) is 0 Å². The number of hydrogen-bond acceptors (Lipinski definition) is 3. The van der Waals surface area contributed by atoms with Crippen molar-refractivity contribution >= 4 is 11.8 Å². The molecular weight excluding hydrogens is 316 g/mol. The van der Waals surface area contributed by atoms with E-state index in [-0.39, 0.29) is 11.8 Å². The Kier molecular flexibility index (Phi) is 6.57. The molecule has 2 aromatic carbocycles. The summed E-state index contributed by atoms with van der Waals surface area (Å²) in [5.41, 5.74) is 3.79. The quantitative estimate of drug-likeness (QED) is 0.761. The smallest absolute Gasteiger partial charge is 0.251 e. The van der Waals surface area contributed by atoms with Crippen molar-refractivity contribution < 1.29 is 14.3 Å². The third kappa shape index (κ3) is 5.64. The van der Waals surface area contributed by atoms with Crippen molar-refractivity contribution in [3.05, 3.63) is 64.7 Å². The van der Waals surface area contributed by atoms with Crippen LogP contribution in [0.4, 0.5) is 0 Å². The maximum Gasteiger partial charge on any atom is 0.251 e. The van der Waals surface area contributed by atoms with Crippen molar-refractivity contribution in [2.45, 2.75) is 20.3 Å². The highest BCUT2D eigenvalue weighted by molar-refractivity contribution is 5.94. The molecule has 0 fully saturated rings. The Morgan fingerprint density at radius 2 is 1.60 bits per heavy atom. The Balaban J connectivity index is 1.71. The summed E-state index contributed by atoms with van der Waals surface area (Å²) in [6, 6.07) is 13.0. The fourth-order valence-electron chi connectivity index (χ4n) is 2.35. The van der Waals surface area contributed by atoms with Crippen molar-refractivity contribution in [3.63, 3.8) is 0 Å². The van der Waals surface area contributed by atoms with E-state index in [0.29, 0.717) is 25.1 Å². The summed E-state index contributed by atoms with van der Waals surface area (Å²) in [6.07, 6.45) is 0.301. The predicted molar refractivity (Wildman–Crippen MR) is 98.0 cm³/mol. The zero-order valence-corrected chi connectivity index (χ0v) is 14.9. The van der Waals surface area contributed by atoms with Crippen LogP contribution in [-0.4, -0.2) is 32.0 Å². The van der Waals surface area contributed by atoms with Crippen LogP contribution in [0.3, 0.4) is 0 Å². The summed E-state index contributed by atoms with van der Waals surface area (Å²) in [7, 11) is 1.61. The van der Waals surface area contributed by atoms with Gasteiger partial charge in [0.2, 0.25) is 5.91 Å². The van der Waals surface area contributed by atoms with Crippen LogP contribution >= 0.6 is 0 Å². The SMILES string of the molecule is COc1ccc(CC(=O)NCCNC(=O)c2ccc(C)c(C)c2)cc1. The van der Waals surface area contributed by atoms with Crippen LogP contribution in [0.1, 0.15) is 27.0 Å². The van der Waals surface area contributed by atoms with Gasteiger partial charge in [-0.3, -0.25) is 9.59 Å². The molecule has 132 valence electrons. The summed E-state index contributed by atoms with van der Waals surface area (Å²) >= 11 is 0. The molecule has 0 bridgehead atoms. The second-order valence-electron chi connectivity index (χ2n) is 5.93. The van der Waals surface area contributed by atoms with E-state index in [1.54, 1.807) is 13.2 Å². The second kappa shape index (κ2) is 8.87. The molecule has 2 aromatic rings. The average Bonchev–Trinajstić information content (AvgIpc) is 2.61. The van der Waals surface area contributed by atoms with Gasteiger partial charge in [-0.1, -0.05) is 18.2 Å². The Labute approximate surface area is 148 Å². The summed E-state index contributed by atoms with van der Waals surface area (Å²) in [5, 5.41) is 5.61. The summed E-state index contributed by atoms with van der Waals surface area (Å²) in [6.45, 7) is 4.77. The highest BCUT2D eigenvalue weighted by Gasteiger charge is 2.07. The fraction of sp³-hybridized carbons (Fsp3) is 0.300. The van der Waals surface area contributed by atoms with E-state index < -0.39 is 0 Å². The molecule has 25 heavy (non-hydrogen) atoms. The number of carbonyl (C=O) groups is 2. The summed E-state index contributed by atoms with van der Waals surface area (Å²) < 4.78 is 5.09. The molecule has 2 rings (SSSR count). The van der Waals surface area contributed by atoms with Gasteiger partial charge in [0.15, 0.2) is 0 Å². The van der Waals surface area contributed by atoms with Crippen molar-refractivity contribution in [2.75, 3.05) is 20.2 Å². The number of rotatable bonds is 7. The topological polar surface area (TPSA) is 67.4 Å². The van der Waals surface area contributed by atoms with E-state index in [1.165, 1.54) is 0 Å². The van der Waals surface area contributed by atoms with Crippen LogP contribution in [0.2, 0.25) is 0 Å². The van der Waals surface area contributed by atoms with E-state index in [4.69, 9.17) is 4.74 Å². The molecule has 0 heterocycles. The fourth-order valence-corrected chi connectivity index (χ4v) is 2.35. The molecule has 0 atom stereocenters. The van der Waals surface area contributed by atoms with E-state index in [1.807, 2.05) is 50.2 Å². The maximum absolute atomic E-state index is 12.1. The zero-order chi connectivity index (χ0) is 18.2. The van der Waals surface area contributed by atoms with Gasteiger partial charge in [0, 0.05) is 18.7 Å². The number of ether oxygens (including phenoxy) is 1. The number of benzene rings is 2. The molecule has 0 unspecified atom stereocenters. The molecule has 0 radical (unpaired) electrons. The number of aryl methyl sites for hydroxylation is 2. The monoisotopic (exact) mass is 340 g/mol. The van der Waals surface area contributed by atoms with Gasteiger partial charge in [-0.25, -0.2) is 0 Å². The molecule has 2 amide bonds. The second-order valence-corrected chi connectivity index (χ2v) is 5.93. The van der Waals surface area contributed by atoms with Crippen LogP contribution < -0.4 is 15.4 Å². The Hall–Kier alpha value is -2.82. The van der Waals surface area contributed by atoms with Crippen molar-refractivity contribution in [3.8, 4) is 5.75 Å². The van der Waals surface area contributed by atoms with Crippen molar-refractivity contribution in [1.82, 2.24) is 10.6 Å². The third-order valence-electron chi connectivity index (χ3n) is 4.03. The van der Waals surface area contributed by atoms with Gasteiger partial charge < -0.3 is 15.4 Å². The molecule has 0 aliphatic carbocycles. The van der Waals surface area contributed by atoms with Crippen molar-refractivity contribution in [1.29, 1.82) is 0 Å². The molecule has 5 heteroatoms. The van der Waals surface area contributed by atoms with Gasteiger partial charge in [-0.05, 0) is 54.8 Å². The molecule has 0 aliphatic rings. The predicted octanol–water partition coefficient (Wildman–Crippen LogP) is 2.40. The highest BCUT2D eigenvalue weighted by atomic mass is 16.5. The number of amides is 2. The lowest BCUT2D eigenvalue weighted by molar-refractivity contribution is -0.120. The molecular formula is C20H24N2O3. The number of carbonyl (C=O) groups excluding carboxylic acids is 2. The minimum absolute atomic E-state index is 0.0782. The first-order valence-corrected chi connectivity index (χ1v) is 8.24.